The number of hydrogen-bond donors (Lipinski definition) is 4. The van der Waals surface area contributed by atoms with Crippen molar-refractivity contribution in [3.8, 4) is 17.2 Å². The second-order valence-corrected chi connectivity index (χ2v) is 8.18. The molecule has 1 fully saturated rings. The number of anilines is 1. The van der Waals surface area contributed by atoms with Crippen molar-refractivity contribution in [3.63, 3.8) is 0 Å². The summed E-state index contributed by atoms with van der Waals surface area (Å²) in [5.74, 6) is 6.32. The zero-order valence-corrected chi connectivity index (χ0v) is 18.9. The lowest BCUT2D eigenvalue weighted by Gasteiger charge is -2.19. The fraction of sp³-hybridized carbons (Fsp3) is 0.261. The van der Waals surface area contributed by atoms with Gasteiger partial charge in [0.25, 0.3) is 5.91 Å². The Labute approximate surface area is 200 Å². The highest BCUT2D eigenvalue weighted by Crippen LogP contribution is 2.36. The molecule has 0 bridgehead atoms. The molecule has 1 aliphatic rings. The van der Waals surface area contributed by atoms with Crippen molar-refractivity contribution in [2.24, 2.45) is 11.6 Å². The maximum Gasteiger partial charge on any atom is 0.336 e. The summed E-state index contributed by atoms with van der Waals surface area (Å²) >= 11 is 6.36. The van der Waals surface area contributed by atoms with Gasteiger partial charge in [0.05, 0.1) is 28.4 Å². The van der Waals surface area contributed by atoms with Gasteiger partial charge < -0.3 is 25.6 Å². The molecule has 0 aliphatic heterocycles. The van der Waals surface area contributed by atoms with Gasteiger partial charge in [-0.3, -0.25) is 9.78 Å². The first kappa shape index (κ1) is 23.6. The van der Waals surface area contributed by atoms with Gasteiger partial charge in [-0.15, -0.1) is 0 Å². The summed E-state index contributed by atoms with van der Waals surface area (Å²) in [7, 11) is 0. The van der Waals surface area contributed by atoms with Crippen LogP contribution < -0.4 is 31.4 Å². The number of urea groups is 1. The number of nitrogens with zero attached hydrogens (tertiary/aromatic N) is 2. The molecule has 11 heteroatoms. The van der Waals surface area contributed by atoms with Gasteiger partial charge in [0.15, 0.2) is 0 Å². The highest BCUT2D eigenvalue weighted by molar-refractivity contribution is 6.33. The van der Waals surface area contributed by atoms with Gasteiger partial charge in [0.1, 0.15) is 17.2 Å². The number of pyridine rings is 1. The fourth-order valence-electron chi connectivity index (χ4n) is 3.25. The molecule has 1 saturated carbocycles. The van der Waals surface area contributed by atoms with Gasteiger partial charge in [-0.2, -0.15) is 0 Å². The Hall–Kier alpha value is -3.60. The van der Waals surface area contributed by atoms with Crippen LogP contribution in [0.4, 0.5) is 10.5 Å². The van der Waals surface area contributed by atoms with Gasteiger partial charge in [-0.25, -0.2) is 15.6 Å². The Morgan fingerprint density at radius 3 is 2.68 bits per heavy atom. The first-order chi connectivity index (χ1) is 16.4. The van der Waals surface area contributed by atoms with Crippen LogP contribution in [0.3, 0.4) is 0 Å². The van der Waals surface area contributed by atoms with Crippen LogP contribution in [0, 0.1) is 0 Å². The number of hydrogen-bond acceptors (Lipinski definition) is 7. The van der Waals surface area contributed by atoms with Crippen molar-refractivity contribution in [2.45, 2.75) is 25.3 Å². The number of nitrogens with two attached hydrogens (primary N) is 2. The van der Waals surface area contributed by atoms with E-state index in [1.165, 1.54) is 6.07 Å². The molecular formula is C23H24ClN5O5. The monoisotopic (exact) mass is 485 g/mol. The van der Waals surface area contributed by atoms with Crippen LogP contribution in [0.15, 0.2) is 42.6 Å². The van der Waals surface area contributed by atoms with Crippen molar-refractivity contribution in [1.82, 2.24) is 10.3 Å². The maximum absolute atomic E-state index is 12.2. The first-order valence-corrected chi connectivity index (χ1v) is 11.0. The molecule has 3 amide bonds. The van der Waals surface area contributed by atoms with E-state index in [0.29, 0.717) is 34.5 Å². The van der Waals surface area contributed by atoms with Crippen LogP contribution >= 0.6 is 11.6 Å². The average Bonchev–Trinajstić information content (AvgIpc) is 3.62. The minimum absolute atomic E-state index is 0.0375. The zero-order valence-electron chi connectivity index (χ0n) is 18.2. The molecule has 0 atom stereocenters. The number of halogens is 1. The van der Waals surface area contributed by atoms with Crippen LogP contribution in [-0.4, -0.2) is 41.3 Å². The van der Waals surface area contributed by atoms with Crippen LogP contribution in [0.1, 0.15) is 29.6 Å². The fourth-order valence-corrected chi connectivity index (χ4v) is 3.51. The van der Waals surface area contributed by atoms with E-state index in [-0.39, 0.29) is 35.6 Å². The summed E-state index contributed by atoms with van der Waals surface area (Å²) in [5, 5.41) is 13.5. The van der Waals surface area contributed by atoms with Crippen molar-refractivity contribution >= 4 is 40.1 Å². The summed E-state index contributed by atoms with van der Waals surface area (Å²) in [6.07, 6.45) is 3.84. The van der Waals surface area contributed by atoms with Crippen molar-refractivity contribution in [1.29, 1.82) is 0 Å². The normalized spacial score (nSPS) is 12.9. The molecule has 0 unspecified atom stereocenters. The lowest BCUT2D eigenvalue weighted by atomic mass is 10.1. The molecule has 0 radical (unpaired) electrons. The number of ether oxygens (including phenoxy) is 2. The van der Waals surface area contributed by atoms with Crippen LogP contribution in [0.5, 0.6) is 17.2 Å². The van der Waals surface area contributed by atoms with Crippen LogP contribution in [-0.2, 0) is 0 Å². The molecule has 3 aromatic rings. The Kier molecular flexibility index (Phi) is 7.01. The molecule has 0 saturated heterocycles. The topological polar surface area (TPSA) is 153 Å². The Bertz CT molecular complexity index is 1230. The zero-order chi connectivity index (χ0) is 24.2. The molecule has 0 spiro atoms. The molecule has 1 aromatic heterocycles. The summed E-state index contributed by atoms with van der Waals surface area (Å²) in [6, 6.07) is 9.25. The van der Waals surface area contributed by atoms with Gasteiger partial charge in [-0.05, 0) is 37.1 Å². The minimum atomic E-state index is -0.671. The van der Waals surface area contributed by atoms with E-state index in [2.05, 4.69) is 10.3 Å². The van der Waals surface area contributed by atoms with E-state index in [0.717, 1.165) is 17.9 Å². The molecule has 2 aromatic carbocycles. The molecule has 1 heterocycles. The van der Waals surface area contributed by atoms with E-state index >= 15 is 0 Å². The highest BCUT2D eigenvalue weighted by Gasteiger charge is 2.26. The van der Waals surface area contributed by atoms with E-state index in [9.17, 15) is 9.59 Å². The van der Waals surface area contributed by atoms with Gasteiger partial charge >= 0.3 is 6.03 Å². The number of carbonyl (C=O) groups is 2. The number of primary amides is 1. The molecule has 10 nitrogen and oxygen atoms in total. The molecule has 178 valence electrons. The maximum atomic E-state index is 12.2. The van der Waals surface area contributed by atoms with Gasteiger partial charge in [0, 0.05) is 42.8 Å². The second kappa shape index (κ2) is 10.1. The number of aliphatic hydroxyl groups excluding tert-OH is 1. The minimum Gasteiger partial charge on any atom is -0.493 e. The Morgan fingerprint density at radius 2 is 2.00 bits per heavy atom. The second-order valence-electron chi connectivity index (χ2n) is 7.77. The number of fused-ring (bicyclic) bond motifs is 1. The number of amides is 3. The number of aliphatic hydroxyl groups is 1. The highest BCUT2D eigenvalue weighted by atomic mass is 35.5. The first-order valence-electron chi connectivity index (χ1n) is 10.7. The molecule has 6 N–H and O–H groups in total. The van der Waals surface area contributed by atoms with E-state index < -0.39 is 11.9 Å². The summed E-state index contributed by atoms with van der Waals surface area (Å²) in [5.41, 5.74) is 6.55. The number of nitrogens with one attached hydrogen (secondary N) is 1. The average molecular weight is 486 g/mol. The smallest absolute Gasteiger partial charge is 0.336 e. The van der Waals surface area contributed by atoms with E-state index in [1.54, 1.807) is 36.5 Å². The third-order valence-electron chi connectivity index (χ3n) is 5.16. The number of aromatic nitrogens is 1. The van der Waals surface area contributed by atoms with Crippen LogP contribution in [0.2, 0.25) is 5.02 Å². The molecule has 4 rings (SSSR count). The SMILES string of the molecule is NC(=O)c1cc2c(Oc3ccc(N(N)C(=O)NC4CC4)c(Cl)c3)ccnc2cc1OCCCO. The predicted molar refractivity (Wildman–Crippen MR) is 127 cm³/mol. The number of hydrazine groups is 1. The number of benzene rings is 2. The van der Waals surface area contributed by atoms with Crippen molar-refractivity contribution in [3.05, 3.63) is 53.2 Å². The van der Waals surface area contributed by atoms with Crippen molar-refractivity contribution < 1.29 is 24.2 Å². The Balaban J connectivity index is 1.60. The lowest BCUT2D eigenvalue weighted by Crippen LogP contribution is -2.45. The van der Waals surface area contributed by atoms with E-state index in [1.807, 2.05) is 0 Å². The summed E-state index contributed by atoms with van der Waals surface area (Å²) in [4.78, 5) is 28.5. The Morgan fingerprint density at radius 1 is 1.21 bits per heavy atom. The standard InChI is InChI=1S/C23H24ClN5O5/c24-17-10-14(4-5-19(17)29(26)23(32)28-13-2-3-13)34-20-6-7-27-18-12-21(33-9-1-8-30)16(22(25)31)11-15(18)20/h4-7,10-13,30H,1-3,8-9,26H2,(H2,25,31)(H,28,32). The molecule has 34 heavy (non-hydrogen) atoms. The number of rotatable bonds is 9. The summed E-state index contributed by atoms with van der Waals surface area (Å²) in [6.45, 7) is 0.185. The number of carbonyl (C=O) groups excluding carboxylic acids is 2. The lowest BCUT2D eigenvalue weighted by molar-refractivity contribution is 0.0996. The predicted octanol–water partition coefficient (Wildman–Crippen LogP) is 3.09. The molecular weight excluding hydrogens is 462 g/mol. The van der Waals surface area contributed by atoms with Gasteiger partial charge in [0.2, 0.25) is 0 Å². The quantitative estimate of drug-likeness (QED) is 0.157. The third-order valence-corrected chi connectivity index (χ3v) is 5.46. The van der Waals surface area contributed by atoms with E-state index in [4.69, 9.17) is 37.8 Å². The summed E-state index contributed by atoms with van der Waals surface area (Å²) < 4.78 is 11.6. The van der Waals surface area contributed by atoms with Crippen LogP contribution in [0.25, 0.3) is 10.9 Å². The molecule has 1 aliphatic carbocycles. The van der Waals surface area contributed by atoms with Crippen molar-refractivity contribution in [2.75, 3.05) is 18.2 Å². The largest absolute Gasteiger partial charge is 0.493 e. The van der Waals surface area contributed by atoms with Gasteiger partial charge in [-0.1, -0.05) is 11.6 Å². The third kappa shape index (κ3) is 5.30.